The van der Waals surface area contributed by atoms with Gasteiger partial charge in [-0.25, -0.2) is 0 Å². The Morgan fingerprint density at radius 1 is 1.23 bits per heavy atom. The number of hydrogen-bond donors (Lipinski definition) is 2. The molecule has 136 valence electrons. The number of hydrogen-bond acceptors (Lipinski definition) is 4. The Morgan fingerprint density at radius 2 is 1.96 bits per heavy atom. The van der Waals surface area contributed by atoms with Gasteiger partial charge in [-0.3, -0.25) is 4.79 Å². The molecule has 3 aromatic rings. The van der Waals surface area contributed by atoms with E-state index in [0.29, 0.717) is 24.0 Å². The Morgan fingerprint density at radius 3 is 2.54 bits per heavy atom. The summed E-state index contributed by atoms with van der Waals surface area (Å²) in [5, 5.41) is 10.7. The zero-order chi connectivity index (χ0) is 18.5. The third kappa shape index (κ3) is 4.59. The Balaban J connectivity index is 1.70. The van der Waals surface area contributed by atoms with Crippen LogP contribution in [0.2, 0.25) is 0 Å². The van der Waals surface area contributed by atoms with Crippen LogP contribution >= 0.6 is 11.3 Å². The van der Waals surface area contributed by atoms with E-state index in [0.717, 1.165) is 0 Å². The van der Waals surface area contributed by atoms with Gasteiger partial charge in [-0.15, -0.1) is 11.3 Å². The summed E-state index contributed by atoms with van der Waals surface area (Å²) in [6, 6.07) is 14.6. The maximum absolute atomic E-state index is 12.2. The zero-order valence-electron chi connectivity index (χ0n) is 15.2. The summed E-state index contributed by atoms with van der Waals surface area (Å²) in [5.74, 6) is 1.53. The minimum Gasteiger partial charge on any atom is -0.360 e. The molecule has 2 aromatic heterocycles. The lowest BCUT2D eigenvalue weighted by Gasteiger charge is -2.15. The third-order valence-corrected chi connectivity index (χ3v) is 5.20. The zero-order valence-corrected chi connectivity index (χ0v) is 16.0. The van der Waals surface area contributed by atoms with Gasteiger partial charge < -0.3 is 15.2 Å². The van der Waals surface area contributed by atoms with Crippen molar-refractivity contribution in [2.24, 2.45) is 0 Å². The van der Waals surface area contributed by atoms with Gasteiger partial charge in [0.15, 0.2) is 12.4 Å². The van der Waals surface area contributed by atoms with E-state index in [1.54, 1.807) is 24.3 Å². The van der Waals surface area contributed by atoms with E-state index in [2.05, 4.69) is 65.3 Å². The molecule has 0 saturated carbocycles. The molecule has 0 spiro atoms. The molecular formula is C20H24N3O2S+. The molecule has 6 heteroatoms. The maximum Gasteiger partial charge on any atom is 0.280 e. The molecule has 2 heterocycles. The minimum absolute atomic E-state index is 0.0982. The van der Waals surface area contributed by atoms with Gasteiger partial charge in [-0.05, 0) is 29.9 Å². The molecular weight excluding hydrogens is 346 g/mol. The highest BCUT2D eigenvalue weighted by molar-refractivity contribution is 7.10. The van der Waals surface area contributed by atoms with Crippen LogP contribution in [0.3, 0.4) is 0 Å². The first-order valence-corrected chi connectivity index (χ1v) is 9.60. The fraction of sp³-hybridized carbons (Fsp3) is 0.300. The molecule has 0 aliphatic heterocycles. The van der Waals surface area contributed by atoms with Crippen molar-refractivity contribution in [2.75, 3.05) is 11.9 Å². The second kappa shape index (κ2) is 8.29. The van der Waals surface area contributed by atoms with Crippen molar-refractivity contribution in [3.8, 4) is 0 Å². The van der Waals surface area contributed by atoms with Crippen molar-refractivity contribution in [1.29, 1.82) is 0 Å². The molecule has 0 saturated heterocycles. The molecule has 3 N–H and O–H groups in total. The lowest BCUT2D eigenvalue weighted by atomic mass is 9.98. The van der Waals surface area contributed by atoms with E-state index in [1.165, 1.54) is 16.0 Å². The number of nitrogens with two attached hydrogens (primary N) is 1. The summed E-state index contributed by atoms with van der Waals surface area (Å²) >= 11 is 1.71. The molecule has 3 rings (SSSR count). The average Bonchev–Trinajstić information content (AvgIpc) is 3.28. The fourth-order valence-corrected chi connectivity index (χ4v) is 3.67. The van der Waals surface area contributed by atoms with Gasteiger partial charge in [0.05, 0.1) is 4.88 Å². The molecule has 0 aliphatic carbocycles. The number of aromatic nitrogens is 1. The molecule has 1 amide bonds. The van der Waals surface area contributed by atoms with E-state index in [-0.39, 0.29) is 11.9 Å². The van der Waals surface area contributed by atoms with Gasteiger partial charge in [0.1, 0.15) is 11.8 Å². The van der Waals surface area contributed by atoms with E-state index in [4.69, 9.17) is 4.52 Å². The number of carbonyl (C=O) groups excluding carboxylic acids is 1. The Hall–Kier alpha value is -2.44. The molecule has 1 aromatic carbocycles. The quantitative estimate of drug-likeness (QED) is 0.669. The lowest BCUT2D eigenvalue weighted by Crippen LogP contribution is -2.87. The summed E-state index contributed by atoms with van der Waals surface area (Å²) in [7, 11) is 0. The van der Waals surface area contributed by atoms with Crippen molar-refractivity contribution < 1.29 is 14.6 Å². The Bertz CT molecular complexity index is 838. The van der Waals surface area contributed by atoms with Crippen LogP contribution in [0.25, 0.3) is 0 Å². The van der Waals surface area contributed by atoms with Gasteiger partial charge in [-0.2, -0.15) is 0 Å². The highest BCUT2D eigenvalue weighted by atomic mass is 32.1. The number of rotatable bonds is 7. The second-order valence-corrected chi connectivity index (χ2v) is 7.60. The summed E-state index contributed by atoms with van der Waals surface area (Å²) < 4.78 is 4.98. The molecule has 26 heavy (non-hydrogen) atoms. The summed E-state index contributed by atoms with van der Waals surface area (Å²) in [5.41, 5.74) is 2.51. The smallest absolute Gasteiger partial charge is 0.280 e. The van der Waals surface area contributed by atoms with Crippen LogP contribution in [0, 0.1) is 6.92 Å². The minimum atomic E-state index is -0.0985. The standard InChI is InChI=1S/C20H23N3O2S/c1-13(2)15-6-8-16(9-7-15)20(17-5-4-10-26-17)21-12-19(24)22-18-11-14(3)25-23-18/h4-11,13,20-21H,12H2,1-3H3,(H,22,23,24)/p+1/t20-/m1/s1. The van der Waals surface area contributed by atoms with Gasteiger partial charge in [0, 0.05) is 11.6 Å². The van der Waals surface area contributed by atoms with Crippen molar-refractivity contribution >= 4 is 23.1 Å². The van der Waals surface area contributed by atoms with E-state index < -0.39 is 0 Å². The van der Waals surface area contributed by atoms with Gasteiger partial charge in [0.25, 0.3) is 5.91 Å². The number of quaternary nitrogens is 1. The summed E-state index contributed by atoms with van der Waals surface area (Å²) in [6.45, 7) is 6.48. The number of anilines is 1. The first-order valence-electron chi connectivity index (χ1n) is 8.72. The molecule has 0 fully saturated rings. The van der Waals surface area contributed by atoms with Crippen LogP contribution in [-0.4, -0.2) is 17.6 Å². The van der Waals surface area contributed by atoms with E-state index in [9.17, 15) is 4.79 Å². The highest BCUT2D eigenvalue weighted by Crippen LogP contribution is 2.24. The first kappa shape index (κ1) is 18.4. The molecule has 0 bridgehead atoms. The van der Waals surface area contributed by atoms with Gasteiger partial charge >= 0.3 is 0 Å². The van der Waals surface area contributed by atoms with Crippen LogP contribution in [-0.2, 0) is 4.79 Å². The number of aryl methyl sites for hydroxylation is 1. The van der Waals surface area contributed by atoms with Crippen LogP contribution in [0.15, 0.2) is 52.4 Å². The van der Waals surface area contributed by atoms with Gasteiger partial charge in [0.2, 0.25) is 0 Å². The normalized spacial score (nSPS) is 12.3. The van der Waals surface area contributed by atoms with Crippen LogP contribution in [0.5, 0.6) is 0 Å². The Labute approximate surface area is 157 Å². The number of nitrogens with one attached hydrogen (secondary N) is 1. The number of thiophene rings is 1. The first-order chi connectivity index (χ1) is 12.5. The van der Waals surface area contributed by atoms with Crippen molar-refractivity contribution in [3.63, 3.8) is 0 Å². The largest absolute Gasteiger partial charge is 0.360 e. The molecule has 5 nitrogen and oxygen atoms in total. The maximum atomic E-state index is 12.2. The monoisotopic (exact) mass is 370 g/mol. The molecule has 0 radical (unpaired) electrons. The SMILES string of the molecule is Cc1cc(NC(=O)C[NH2+][C@H](c2ccc(C(C)C)cc2)c2cccs2)no1. The van der Waals surface area contributed by atoms with Crippen LogP contribution < -0.4 is 10.6 Å². The van der Waals surface area contributed by atoms with Gasteiger partial charge in [-0.1, -0.05) is 49.3 Å². The van der Waals surface area contributed by atoms with Crippen molar-refractivity contribution in [1.82, 2.24) is 5.16 Å². The second-order valence-electron chi connectivity index (χ2n) is 6.63. The molecule has 1 atom stereocenters. The summed E-state index contributed by atoms with van der Waals surface area (Å²) in [4.78, 5) is 13.5. The number of carbonyl (C=O) groups is 1. The highest BCUT2D eigenvalue weighted by Gasteiger charge is 2.20. The van der Waals surface area contributed by atoms with Crippen molar-refractivity contribution in [2.45, 2.75) is 32.7 Å². The van der Waals surface area contributed by atoms with E-state index in [1.807, 2.05) is 6.07 Å². The lowest BCUT2D eigenvalue weighted by molar-refractivity contribution is -0.675. The van der Waals surface area contributed by atoms with Crippen molar-refractivity contribution in [3.05, 3.63) is 69.6 Å². The number of benzene rings is 1. The fourth-order valence-electron chi connectivity index (χ4n) is 2.82. The number of nitrogens with zero attached hydrogens (tertiary/aromatic N) is 1. The topological polar surface area (TPSA) is 71.7 Å². The summed E-state index contributed by atoms with van der Waals surface area (Å²) in [6.07, 6.45) is 0. The van der Waals surface area contributed by atoms with E-state index >= 15 is 0 Å². The van der Waals surface area contributed by atoms with Crippen LogP contribution in [0.1, 0.15) is 47.6 Å². The van der Waals surface area contributed by atoms with Crippen LogP contribution in [0.4, 0.5) is 5.82 Å². The third-order valence-electron chi connectivity index (χ3n) is 4.25. The predicted molar refractivity (Wildman–Crippen MR) is 103 cm³/mol. The molecule has 0 unspecified atom stereocenters. The predicted octanol–water partition coefficient (Wildman–Crippen LogP) is 3.46. The Kier molecular flexibility index (Phi) is 5.85. The number of amides is 1. The average molecular weight is 370 g/mol. The molecule has 0 aliphatic rings.